The van der Waals surface area contributed by atoms with Gasteiger partial charge in [-0.1, -0.05) is 12.2 Å². The summed E-state index contributed by atoms with van der Waals surface area (Å²) in [4.78, 5) is 40.1. The Morgan fingerprint density at radius 1 is 1.08 bits per heavy atom. The SMILES string of the molecule is CN(C)c1ccc(NC(=O)CCN2C(=O)[C@H]3CC=CC[C@@H]3C2=O)cc1. The third-order valence-electron chi connectivity index (χ3n) is 4.83. The van der Waals surface area contributed by atoms with E-state index in [-0.39, 0.29) is 42.5 Å². The van der Waals surface area contributed by atoms with Gasteiger partial charge in [-0.05, 0) is 37.1 Å². The van der Waals surface area contributed by atoms with Gasteiger partial charge in [-0.2, -0.15) is 0 Å². The molecule has 1 saturated heterocycles. The van der Waals surface area contributed by atoms with E-state index in [2.05, 4.69) is 5.32 Å². The van der Waals surface area contributed by atoms with Crippen molar-refractivity contribution < 1.29 is 14.4 Å². The Labute approximate surface area is 147 Å². The van der Waals surface area contributed by atoms with Crippen LogP contribution in [-0.2, 0) is 14.4 Å². The molecule has 0 unspecified atom stereocenters. The van der Waals surface area contributed by atoms with Crippen molar-refractivity contribution in [2.45, 2.75) is 19.3 Å². The molecule has 0 radical (unpaired) electrons. The van der Waals surface area contributed by atoms with Crippen molar-refractivity contribution in [1.82, 2.24) is 4.90 Å². The van der Waals surface area contributed by atoms with Crippen LogP contribution < -0.4 is 10.2 Å². The summed E-state index contributed by atoms with van der Waals surface area (Å²) in [6.45, 7) is 0.145. The van der Waals surface area contributed by atoms with E-state index in [0.29, 0.717) is 18.5 Å². The standard InChI is InChI=1S/C19H23N3O3/c1-21(2)14-9-7-13(8-10-14)20-17(23)11-12-22-18(24)15-5-3-4-6-16(15)19(22)25/h3-4,7-10,15-16H,5-6,11-12H2,1-2H3,(H,20,23)/t15-,16-/m0/s1. The molecule has 3 rings (SSSR count). The zero-order chi connectivity index (χ0) is 18.0. The first-order valence-corrected chi connectivity index (χ1v) is 8.55. The minimum absolute atomic E-state index is 0.111. The predicted molar refractivity (Wildman–Crippen MR) is 96.1 cm³/mol. The molecule has 132 valence electrons. The Hall–Kier alpha value is -2.63. The molecule has 6 nitrogen and oxygen atoms in total. The molecule has 2 atom stereocenters. The molecule has 1 aromatic carbocycles. The zero-order valence-corrected chi connectivity index (χ0v) is 14.6. The lowest BCUT2D eigenvalue weighted by atomic mass is 9.85. The topological polar surface area (TPSA) is 69.7 Å². The highest BCUT2D eigenvalue weighted by molar-refractivity contribution is 6.05. The largest absolute Gasteiger partial charge is 0.378 e. The number of likely N-dealkylation sites (tertiary alicyclic amines) is 1. The molecule has 0 aromatic heterocycles. The number of carbonyl (C=O) groups is 3. The Morgan fingerprint density at radius 3 is 2.16 bits per heavy atom. The number of carbonyl (C=O) groups excluding carboxylic acids is 3. The van der Waals surface area contributed by atoms with Crippen LogP contribution in [0, 0.1) is 11.8 Å². The van der Waals surface area contributed by atoms with Gasteiger partial charge in [0.05, 0.1) is 11.8 Å². The van der Waals surface area contributed by atoms with E-state index in [1.165, 1.54) is 4.90 Å². The average molecular weight is 341 g/mol. The van der Waals surface area contributed by atoms with E-state index < -0.39 is 0 Å². The number of allylic oxidation sites excluding steroid dienone is 2. The van der Waals surface area contributed by atoms with Gasteiger partial charge in [-0.3, -0.25) is 19.3 Å². The average Bonchev–Trinajstić information content (AvgIpc) is 2.85. The lowest BCUT2D eigenvalue weighted by Gasteiger charge is -2.15. The maximum atomic E-state index is 12.4. The van der Waals surface area contributed by atoms with Gasteiger partial charge in [0.2, 0.25) is 17.7 Å². The number of fused-ring (bicyclic) bond motifs is 1. The Kier molecular flexibility index (Phi) is 4.88. The second-order valence-corrected chi connectivity index (χ2v) is 6.72. The highest BCUT2D eigenvalue weighted by atomic mass is 16.2. The van der Waals surface area contributed by atoms with Gasteiger partial charge in [-0.15, -0.1) is 0 Å². The summed E-state index contributed by atoms with van der Waals surface area (Å²) in [5.41, 5.74) is 1.75. The number of rotatable bonds is 5. The number of nitrogens with one attached hydrogen (secondary N) is 1. The van der Waals surface area contributed by atoms with Gasteiger partial charge in [0, 0.05) is 38.4 Å². The van der Waals surface area contributed by atoms with E-state index in [0.717, 1.165) is 5.69 Å². The van der Waals surface area contributed by atoms with Crippen LogP contribution in [-0.4, -0.2) is 43.3 Å². The van der Waals surface area contributed by atoms with Crippen molar-refractivity contribution in [3.05, 3.63) is 36.4 Å². The van der Waals surface area contributed by atoms with E-state index in [1.54, 1.807) is 0 Å². The Morgan fingerprint density at radius 2 is 1.64 bits per heavy atom. The predicted octanol–water partition coefficient (Wildman–Crippen LogP) is 2.03. The second kappa shape index (κ2) is 7.09. The molecule has 1 aliphatic heterocycles. The van der Waals surface area contributed by atoms with E-state index in [1.807, 2.05) is 55.4 Å². The van der Waals surface area contributed by atoms with Gasteiger partial charge in [-0.25, -0.2) is 0 Å². The maximum absolute atomic E-state index is 12.4. The van der Waals surface area contributed by atoms with Crippen molar-refractivity contribution in [2.24, 2.45) is 11.8 Å². The fraction of sp³-hybridized carbons (Fsp3) is 0.421. The Balaban J connectivity index is 1.54. The van der Waals surface area contributed by atoms with Crippen LogP contribution in [0.3, 0.4) is 0 Å². The molecule has 0 bridgehead atoms. The molecule has 1 aromatic rings. The second-order valence-electron chi connectivity index (χ2n) is 6.72. The van der Waals surface area contributed by atoms with Gasteiger partial charge >= 0.3 is 0 Å². The molecule has 1 fully saturated rings. The highest BCUT2D eigenvalue weighted by Gasteiger charge is 2.46. The molecular formula is C19H23N3O3. The number of hydrogen-bond acceptors (Lipinski definition) is 4. The van der Waals surface area contributed by atoms with Gasteiger partial charge < -0.3 is 10.2 Å². The quantitative estimate of drug-likeness (QED) is 0.657. The lowest BCUT2D eigenvalue weighted by Crippen LogP contribution is -2.34. The van der Waals surface area contributed by atoms with E-state index in [9.17, 15) is 14.4 Å². The molecular weight excluding hydrogens is 318 g/mol. The monoisotopic (exact) mass is 341 g/mol. The molecule has 6 heteroatoms. The van der Waals surface area contributed by atoms with Crippen LogP contribution in [0.25, 0.3) is 0 Å². The zero-order valence-electron chi connectivity index (χ0n) is 14.6. The maximum Gasteiger partial charge on any atom is 0.233 e. The number of anilines is 2. The molecule has 0 saturated carbocycles. The molecule has 0 spiro atoms. The molecule has 25 heavy (non-hydrogen) atoms. The number of nitrogens with zero attached hydrogens (tertiary/aromatic N) is 2. The number of amides is 3. The van der Waals surface area contributed by atoms with Crippen LogP contribution in [0.5, 0.6) is 0 Å². The van der Waals surface area contributed by atoms with E-state index in [4.69, 9.17) is 0 Å². The summed E-state index contributed by atoms with van der Waals surface area (Å²) < 4.78 is 0. The Bertz CT molecular complexity index is 683. The summed E-state index contributed by atoms with van der Waals surface area (Å²) in [5, 5.41) is 2.81. The smallest absolute Gasteiger partial charge is 0.233 e. The van der Waals surface area contributed by atoms with Crippen LogP contribution in [0.1, 0.15) is 19.3 Å². The molecule has 1 heterocycles. The minimum atomic E-state index is -0.237. The fourth-order valence-electron chi connectivity index (χ4n) is 3.37. The van der Waals surface area contributed by atoms with Crippen molar-refractivity contribution in [1.29, 1.82) is 0 Å². The normalized spacial score (nSPS) is 22.1. The van der Waals surface area contributed by atoms with Gasteiger partial charge in [0.15, 0.2) is 0 Å². The first kappa shape index (κ1) is 17.2. The number of imide groups is 1. The summed E-state index contributed by atoms with van der Waals surface area (Å²) in [6, 6.07) is 7.50. The molecule has 1 N–H and O–H groups in total. The third kappa shape index (κ3) is 3.57. The van der Waals surface area contributed by atoms with Crippen LogP contribution >= 0.6 is 0 Å². The van der Waals surface area contributed by atoms with Crippen molar-refractivity contribution in [3.63, 3.8) is 0 Å². The fourth-order valence-corrected chi connectivity index (χ4v) is 3.37. The van der Waals surface area contributed by atoms with Gasteiger partial charge in [0.1, 0.15) is 0 Å². The van der Waals surface area contributed by atoms with Crippen molar-refractivity contribution in [3.8, 4) is 0 Å². The number of benzene rings is 1. The van der Waals surface area contributed by atoms with Gasteiger partial charge in [0.25, 0.3) is 0 Å². The van der Waals surface area contributed by atoms with E-state index >= 15 is 0 Å². The van der Waals surface area contributed by atoms with Crippen LogP contribution in [0.4, 0.5) is 11.4 Å². The minimum Gasteiger partial charge on any atom is -0.378 e. The summed E-state index contributed by atoms with van der Waals surface area (Å²) in [7, 11) is 3.90. The van der Waals surface area contributed by atoms with Crippen LogP contribution in [0.15, 0.2) is 36.4 Å². The summed E-state index contributed by atoms with van der Waals surface area (Å²) in [6.07, 6.45) is 5.27. The molecule has 3 amide bonds. The number of hydrogen-bond donors (Lipinski definition) is 1. The molecule has 2 aliphatic rings. The summed E-state index contributed by atoms with van der Waals surface area (Å²) >= 11 is 0. The van der Waals surface area contributed by atoms with Crippen molar-refractivity contribution >= 4 is 29.1 Å². The first-order valence-electron chi connectivity index (χ1n) is 8.55. The first-order chi connectivity index (χ1) is 12.0. The lowest BCUT2D eigenvalue weighted by molar-refractivity contribution is -0.140. The summed E-state index contributed by atoms with van der Waals surface area (Å²) in [5.74, 6) is -0.950. The highest BCUT2D eigenvalue weighted by Crippen LogP contribution is 2.35. The molecule has 1 aliphatic carbocycles. The van der Waals surface area contributed by atoms with Crippen molar-refractivity contribution in [2.75, 3.05) is 30.9 Å². The third-order valence-corrected chi connectivity index (χ3v) is 4.83. The van der Waals surface area contributed by atoms with Crippen LogP contribution in [0.2, 0.25) is 0 Å².